The number of rotatable bonds is 6. The third-order valence-electron chi connectivity index (χ3n) is 3.03. The largest absolute Gasteiger partial charge is 0.346 e. The Kier molecular flexibility index (Phi) is 4.81. The molecule has 1 atom stereocenters. The van der Waals surface area contributed by atoms with Gasteiger partial charge in [0.05, 0.1) is 12.5 Å². The smallest absolute Gasteiger partial charge is 0.225 e. The van der Waals surface area contributed by atoms with E-state index in [1.807, 2.05) is 31.2 Å². The lowest BCUT2D eigenvalue weighted by Gasteiger charge is -2.14. The Bertz CT molecular complexity index is 552. The number of aromatic amines is 1. The lowest BCUT2D eigenvalue weighted by molar-refractivity contribution is -0.121. The summed E-state index contributed by atoms with van der Waals surface area (Å²) in [6.07, 6.45) is 2.09. The van der Waals surface area contributed by atoms with Gasteiger partial charge in [0, 0.05) is 0 Å². The quantitative estimate of drug-likeness (QED) is 0.839. The molecular formula is C14H19N5O. The second-order valence-electron chi connectivity index (χ2n) is 4.84. The van der Waals surface area contributed by atoms with Gasteiger partial charge >= 0.3 is 0 Å². The first-order valence-electron chi connectivity index (χ1n) is 6.77. The van der Waals surface area contributed by atoms with Crippen LogP contribution in [0.2, 0.25) is 0 Å². The Labute approximate surface area is 118 Å². The summed E-state index contributed by atoms with van der Waals surface area (Å²) in [5.41, 5.74) is 2.16. The maximum absolute atomic E-state index is 12.1. The van der Waals surface area contributed by atoms with Gasteiger partial charge < -0.3 is 5.32 Å². The normalized spacial score (nSPS) is 12.1. The van der Waals surface area contributed by atoms with Crippen LogP contribution in [-0.2, 0) is 11.2 Å². The summed E-state index contributed by atoms with van der Waals surface area (Å²) in [7, 11) is 0. The number of nitrogens with one attached hydrogen (secondary N) is 2. The number of amides is 1. The molecule has 0 saturated heterocycles. The van der Waals surface area contributed by atoms with E-state index < -0.39 is 0 Å². The number of carbonyl (C=O) groups is 1. The highest BCUT2D eigenvalue weighted by Gasteiger charge is 2.17. The Morgan fingerprint density at radius 1 is 1.45 bits per heavy atom. The van der Waals surface area contributed by atoms with Gasteiger partial charge in [-0.2, -0.15) is 5.21 Å². The fourth-order valence-corrected chi connectivity index (χ4v) is 2.12. The van der Waals surface area contributed by atoms with Crippen molar-refractivity contribution in [3.63, 3.8) is 0 Å². The molecule has 2 aromatic rings. The third-order valence-corrected chi connectivity index (χ3v) is 3.03. The van der Waals surface area contributed by atoms with E-state index >= 15 is 0 Å². The van der Waals surface area contributed by atoms with Gasteiger partial charge in [0.25, 0.3) is 0 Å². The molecule has 0 aliphatic carbocycles. The SMILES string of the molecule is CCC[C@H](NC(=O)Cc1cccc(C)c1)c1nn[nH]n1. The molecule has 0 aliphatic heterocycles. The zero-order chi connectivity index (χ0) is 14.4. The van der Waals surface area contributed by atoms with E-state index in [0.29, 0.717) is 12.2 Å². The van der Waals surface area contributed by atoms with Gasteiger partial charge in [-0.3, -0.25) is 4.79 Å². The fourth-order valence-electron chi connectivity index (χ4n) is 2.12. The highest BCUT2D eigenvalue weighted by atomic mass is 16.1. The van der Waals surface area contributed by atoms with Crippen LogP contribution in [0.25, 0.3) is 0 Å². The monoisotopic (exact) mass is 273 g/mol. The maximum atomic E-state index is 12.1. The van der Waals surface area contributed by atoms with Crippen LogP contribution in [0.3, 0.4) is 0 Å². The second-order valence-corrected chi connectivity index (χ2v) is 4.84. The van der Waals surface area contributed by atoms with Gasteiger partial charge in [0.1, 0.15) is 0 Å². The van der Waals surface area contributed by atoms with Crippen LogP contribution in [0, 0.1) is 6.92 Å². The number of benzene rings is 1. The summed E-state index contributed by atoms with van der Waals surface area (Å²) >= 11 is 0. The summed E-state index contributed by atoms with van der Waals surface area (Å²) in [6.45, 7) is 4.07. The van der Waals surface area contributed by atoms with Gasteiger partial charge in [-0.05, 0) is 18.9 Å². The van der Waals surface area contributed by atoms with Crippen molar-refractivity contribution >= 4 is 5.91 Å². The fraction of sp³-hybridized carbons (Fsp3) is 0.429. The van der Waals surface area contributed by atoms with Crippen molar-refractivity contribution in [2.24, 2.45) is 0 Å². The molecule has 1 aromatic heterocycles. The van der Waals surface area contributed by atoms with E-state index in [9.17, 15) is 4.79 Å². The minimum Gasteiger partial charge on any atom is -0.346 e. The van der Waals surface area contributed by atoms with Crippen LogP contribution in [0.5, 0.6) is 0 Å². The number of hydrogen-bond acceptors (Lipinski definition) is 4. The van der Waals surface area contributed by atoms with E-state index in [2.05, 4.69) is 32.9 Å². The number of carbonyl (C=O) groups excluding carboxylic acids is 1. The van der Waals surface area contributed by atoms with Gasteiger partial charge in [-0.15, -0.1) is 10.2 Å². The predicted octanol–water partition coefficient (Wildman–Crippen LogP) is 1.71. The molecule has 106 valence electrons. The summed E-state index contributed by atoms with van der Waals surface area (Å²) in [6, 6.07) is 7.76. The van der Waals surface area contributed by atoms with Gasteiger partial charge in [0.2, 0.25) is 5.91 Å². The minimum absolute atomic E-state index is 0.0288. The van der Waals surface area contributed by atoms with E-state index in [-0.39, 0.29) is 11.9 Å². The van der Waals surface area contributed by atoms with Crippen LogP contribution in [-0.4, -0.2) is 26.5 Å². The van der Waals surface area contributed by atoms with E-state index in [1.165, 1.54) is 0 Å². The van der Waals surface area contributed by atoms with Crippen LogP contribution in [0.15, 0.2) is 24.3 Å². The minimum atomic E-state index is -0.184. The van der Waals surface area contributed by atoms with Crippen molar-refractivity contribution in [1.29, 1.82) is 0 Å². The lowest BCUT2D eigenvalue weighted by atomic mass is 10.1. The number of nitrogens with zero attached hydrogens (tertiary/aromatic N) is 3. The predicted molar refractivity (Wildman–Crippen MR) is 74.9 cm³/mol. The summed E-state index contributed by atoms with van der Waals surface area (Å²) in [5.74, 6) is 0.503. The molecule has 0 unspecified atom stereocenters. The van der Waals surface area contributed by atoms with Crippen molar-refractivity contribution in [1.82, 2.24) is 25.9 Å². The van der Waals surface area contributed by atoms with Crippen molar-refractivity contribution in [3.8, 4) is 0 Å². The van der Waals surface area contributed by atoms with E-state index in [1.54, 1.807) is 0 Å². The Balaban J connectivity index is 1.98. The summed E-state index contributed by atoms with van der Waals surface area (Å²) < 4.78 is 0. The zero-order valence-electron chi connectivity index (χ0n) is 11.8. The molecule has 0 fully saturated rings. The van der Waals surface area contributed by atoms with Crippen LogP contribution in [0.1, 0.15) is 42.8 Å². The molecule has 1 aromatic carbocycles. The Morgan fingerprint density at radius 3 is 2.95 bits per heavy atom. The van der Waals surface area contributed by atoms with Crippen molar-refractivity contribution in [2.45, 2.75) is 39.2 Å². The highest BCUT2D eigenvalue weighted by Crippen LogP contribution is 2.13. The second kappa shape index (κ2) is 6.79. The topological polar surface area (TPSA) is 83.6 Å². The summed E-state index contributed by atoms with van der Waals surface area (Å²) in [4.78, 5) is 12.1. The molecule has 6 nitrogen and oxygen atoms in total. The van der Waals surface area contributed by atoms with Gasteiger partial charge in [0.15, 0.2) is 5.82 Å². The zero-order valence-corrected chi connectivity index (χ0v) is 11.8. The molecule has 20 heavy (non-hydrogen) atoms. The third kappa shape index (κ3) is 3.88. The molecule has 0 bridgehead atoms. The lowest BCUT2D eigenvalue weighted by Crippen LogP contribution is -2.30. The van der Waals surface area contributed by atoms with Gasteiger partial charge in [-0.25, -0.2) is 0 Å². The molecule has 2 rings (SSSR count). The first-order chi connectivity index (χ1) is 9.69. The maximum Gasteiger partial charge on any atom is 0.225 e. The Morgan fingerprint density at radius 2 is 2.30 bits per heavy atom. The van der Waals surface area contributed by atoms with E-state index in [0.717, 1.165) is 24.0 Å². The van der Waals surface area contributed by atoms with Gasteiger partial charge in [-0.1, -0.05) is 48.4 Å². The Hall–Kier alpha value is -2.24. The van der Waals surface area contributed by atoms with Crippen molar-refractivity contribution in [3.05, 3.63) is 41.2 Å². The molecule has 0 aliphatic rings. The number of aromatic nitrogens is 4. The molecule has 0 saturated carbocycles. The van der Waals surface area contributed by atoms with Crippen molar-refractivity contribution in [2.75, 3.05) is 0 Å². The van der Waals surface area contributed by atoms with Crippen LogP contribution >= 0.6 is 0 Å². The standard InChI is InChI=1S/C14H19N5O/c1-3-5-12(14-16-18-19-17-14)15-13(20)9-11-7-4-6-10(2)8-11/h4,6-8,12H,3,5,9H2,1-2H3,(H,15,20)(H,16,17,18,19)/t12-/m0/s1. The first kappa shape index (κ1) is 14.2. The average molecular weight is 273 g/mol. The molecule has 0 radical (unpaired) electrons. The number of H-pyrrole nitrogens is 1. The van der Waals surface area contributed by atoms with Crippen LogP contribution in [0.4, 0.5) is 0 Å². The molecule has 2 N–H and O–H groups in total. The summed E-state index contributed by atoms with van der Waals surface area (Å²) in [5, 5.41) is 16.8. The molecule has 1 amide bonds. The average Bonchev–Trinajstić information content (AvgIpc) is 2.92. The molecule has 0 spiro atoms. The van der Waals surface area contributed by atoms with E-state index in [4.69, 9.17) is 0 Å². The highest BCUT2D eigenvalue weighted by molar-refractivity contribution is 5.78. The van der Waals surface area contributed by atoms with Crippen molar-refractivity contribution < 1.29 is 4.79 Å². The number of hydrogen-bond donors (Lipinski definition) is 2. The number of tetrazole rings is 1. The molecule has 6 heteroatoms. The first-order valence-corrected chi connectivity index (χ1v) is 6.77. The molecular weight excluding hydrogens is 254 g/mol. The molecule has 1 heterocycles. The van der Waals surface area contributed by atoms with Crippen LogP contribution < -0.4 is 5.32 Å². The number of aryl methyl sites for hydroxylation is 1.